The Morgan fingerprint density at radius 1 is 1.00 bits per heavy atom. The van der Waals surface area contributed by atoms with Gasteiger partial charge in [0, 0.05) is 0 Å². The first-order valence-corrected chi connectivity index (χ1v) is 4.95. The Morgan fingerprint density at radius 2 is 1.44 bits per heavy atom. The van der Waals surface area contributed by atoms with Crippen molar-refractivity contribution in [3.05, 3.63) is 35.9 Å². The van der Waals surface area contributed by atoms with E-state index in [2.05, 4.69) is 41.6 Å². The molecule has 0 saturated carbocycles. The van der Waals surface area contributed by atoms with Gasteiger partial charge in [0.2, 0.25) is 0 Å². The highest BCUT2D eigenvalue weighted by Crippen LogP contribution is 1.92. The molecule has 1 heteroatoms. The summed E-state index contributed by atoms with van der Waals surface area (Å²) < 4.78 is 0. The molecule has 0 nitrogen and oxygen atoms in total. The van der Waals surface area contributed by atoms with Gasteiger partial charge in [-0.1, -0.05) is 58.5 Å². The summed E-state index contributed by atoms with van der Waals surface area (Å²) in [5.41, 5.74) is 1.32. The number of hydrogen-bond donors (Lipinski definition) is 0. The summed E-state index contributed by atoms with van der Waals surface area (Å²) in [6.45, 7) is 2.08. The number of hydrogen-bond acceptors (Lipinski definition) is 0. The zero-order valence-electron chi connectivity index (χ0n) is 5.76. The molecule has 0 fully saturated rings. The lowest BCUT2D eigenvalue weighted by atomic mass is 10.2. The second-order valence-electron chi connectivity index (χ2n) is 1.65. The van der Waals surface area contributed by atoms with Crippen molar-refractivity contribution in [2.24, 2.45) is 0 Å². The number of aryl methyl sites for hydroxylation is 1. The van der Waals surface area contributed by atoms with Crippen LogP contribution < -0.4 is 0 Å². The Bertz CT molecular complexity index is 134. The van der Waals surface area contributed by atoms with Crippen molar-refractivity contribution in [3.8, 4) is 0 Å². The van der Waals surface area contributed by atoms with Gasteiger partial charge in [0.15, 0.2) is 0 Å². The minimum atomic E-state index is 1.32. The zero-order chi connectivity index (χ0) is 7.11. The summed E-state index contributed by atoms with van der Waals surface area (Å²) in [6.07, 6.45) is 0. The van der Waals surface area contributed by atoms with E-state index in [1.54, 1.807) is 0 Å². The molecule has 1 rings (SSSR count). The smallest absolute Gasteiger partial charge is 0.0121 e. The van der Waals surface area contributed by atoms with E-state index in [1.807, 2.05) is 23.1 Å². The maximum atomic E-state index is 2.15. The van der Waals surface area contributed by atoms with Crippen LogP contribution in [0.3, 0.4) is 0 Å². The largest absolute Gasteiger partial charge is 0.0901 e. The molecule has 1 aromatic carbocycles. The summed E-state index contributed by atoms with van der Waals surface area (Å²) in [4.78, 5) is 1.97. The number of benzene rings is 1. The van der Waals surface area contributed by atoms with Gasteiger partial charge in [-0.15, -0.1) is 0 Å². The molecule has 0 N–H and O–H groups in total. The minimum Gasteiger partial charge on any atom is -0.0901 e. The Kier molecular flexibility index (Phi) is 6.04. The van der Waals surface area contributed by atoms with Crippen LogP contribution in [0.4, 0.5) is 0 Å². The quantitative estimate of drug-likeness (QED) is 0.478. The van der Waals surface area contributed by atoms with Crippen LogP contribution in [0, 0.1) is 6.92 Å². The summed E-state index contributed by atoms with van der Waals surface area (Å²) in [7, 11) is 0. The van der Waals surface area contributed by atoms with Crippen LogP contribution >= 0.6 is 22.6 Å². The molecule has 0 saturated heterocycles. The van der Waals surface area contributed by atoms with Crippen LogP contribution in [-0.4, -0.2) is 4.93 Å². The summed E-state index contributed by atoms with van der Waals surface area (Å²) in [5, 5.41) is 0. The molecule has 0 aliphatic carbocycles. The molecule has 0 bridgehead atoms. The van der Waals surface area contributed by atoms with E-state index in [4.69, 9.17) is 0 Å². The molecule has 0 aliphatic rings. The van der Waals surface area contributed by atoms with E-state index in [1.165, 1.54) is 5.56 Å². The first kappa shape index (κ1) is 8.95. The minimum absolute atomic E-state index is 1.32. The third-order valence-electron chi connectivity index (χ3n) is 0.940. The maximum Gasteiger partial charge on any atom is -0.0121 e. The van der Waals surface area contributed by atoms with Crippen LogP contribution in [0.15, 0.2) is 30.3 Å². The molecular formula is C8H11I. The molecule has 1 aromatic rings. The fourth-order valence-electron chi connectivity index (χ4n) is 0.534. The van der Waals surface area contributed by atoms with Crippen molar-refractivity contribution < 1.29 is 0 Å². The number of halogens is 1. The first-order valence-electron chi connectivity index (χ1n) is 2.79. The van der Waals surface area contributed by atoms with E-state index in [0.717, 1.165) is 0 Å². The Labute approximate surface area is 70.4 Å². The molecule has 0 radical (unpaired) electrons. The highest BCUT2D eigenvalue weighted by molar-refractivity contribution is 14.1. The van der Waals surface area contributed by atoms with Crippen molar-refractivity contribution in [1.29, 1.82) is 0 Å². The van der Waals surface area contributed by atoms with Crippen LogP contribution in [-0.2, 0) is 0 Å². The number of rotatable bonds is 0. The van der Waals surface area contributed by atoms with Gasteiger partial charge in [-0.2, -0.15) is 0 Å². The van der Waals surface area contributed by atoms with Gasteiger partial charge in [0.25, 0.3) is 0 Å². The molecule has 0 aromatic heterocycles. The van der Waals surface area contributed by atoms with Crippen LogP contribution in [0.1, 0.15) is 5.56 Å². The second-order valence-corrected chi connectivity index (χ2v) is 1.65. The lowest BCUT2D eigenvalue weighted by Gasteiger charge is -1.82. The van der Waals surface area contributed by atoms with Gasteiger partial charge in [0.1, 0.15) is 0 Å². The molecule has 50 valence electrons. The predicted octanol–water partition coefficient (Wildman–Crippen LogP) is 3.05. The van der Waals surface area contributed by atoms with Crippen LogP contribution in [0.25, 0.3) is 0 Å². The van der Waals surface area contributed by atoms with Crippen LogP contribution in [0.2, 0.25) is 0 Å². The Hall–Kier alpha value is -0.0500. The van der Waals surface area contributed by atoms with Crippen molar-refractivity contribution >= 4 is 22.6 Å². The number of alkyl halides is 1. The third-order valence-corrected chi connectivity index (χ3v) is 0.940. The van der Waals surface area contributed by atoms with Gasteiger partial charge < -0.3 is 0 Å². The topological polar surface area (TPSA) is 0 Å². The van der Waals surface area contributed by atoms with Gasteiger partial charge >= 0.3 is 0 Å². The SMILES string of the molecule is CI.Cc1ccccc1. The summed E-state index contributed by atoms with van der Waals surface area (Å²) >= 11 is 2.15. The average molecular weight is 234 g/mol. The standard InChI is InChI=1S/C7H8.CH3I/c1-7-5-3-2-4-6-7;1-2/h2-6H,1H3;1H3. The summed E-state index contributed by atoms with van der Waals surface area (Å²) in [5.74, 6) is 0. The highest BCUT2D eigenvalue weighted by Gasteiger charge is 1.72. The summed E-state index contributed by atoms with van der Waals surface area (Å²) in [6, 6.07) is 10.3. The zero-order valence-corrected chi connectivity index (χ0v) is 7.92. The average Bonchev–Trinajstić information content (AvgIpc) is 1.94. The predicted molar refractivity (Wildman–Crippen MR) is 51.1 cm³/mol. The molecule has 0 amide bonds. The van der Waals surface area contributed by atoms with E-state index >= 15 is 0 Å². The fraction of sp³-hybridized carbons (Fsp3) is 0.250. The van der Waals surface area contributed by atoms with E-state index in [9.17, 15) is 0 Å². The molecule has 0 aliphatic heterocycles. The molecule has 9 heavy (non-hydrogen) atoms. The lowest BCUT2D eigenvalue weighted by Crippen LogP contribution is -1.62. The Morgan fingerprint density at radius 3 is 1.67 bits per heavy atom. The third kappa shape index (κ3) is 4.45. The van der Waals surface area contributed by atoms with E-state index in [0.29, 0.717) is 0 Å². The highest BCUT2D eigenvalue weighted by atomic mass is 127. The van der Waals surface area contributed by atoms with Crippen molar-refractivity contribution in [2.75, 3.05) is 4.93 Å². The second kappa shape index (κ2) is 6.08. The molecule has 0 spiro atoms. The van der Waals surface area contributed by atoms with E-state index in [-0.39, 0.29) is 0 Å². The van der Waals surface area contributed by atoms with Gasteiger partial charge in [0.05, 0.1) is 0 Å². The normalized spacial score (nSPS) is 7.44. The fourth-order valence-corrected chi connectivity index (χ4v) is 0.534. The van der Waals surface area contributed by atoms with Gasteiger partial charge in [-0.25, -0.2) is 0 Å². The first-order chi connectivity index (χ1) is 4.39. The molecule has 0 unspecified atom stereocenters. The van der Waals surface area contributed by atoms with E-state index < -0.39 is 0 Å². The van der Waals surface area contributed by atoms with Gasteiger partial charge in [-0.05, 0) is 11.9 Å². The van der Waals surface area contributed by atoms with Gasteiger partial charge in [-0.3, -0.25) is 0 Å². The van der Waals surface area contributed by atoms with Crippen molar-refractivity contribution in [2.45, 2.75) is 6.92 Å². The molecule has 0 atom stereocenters. The molecule has 0 heterocycles. The maximum absolute atomic E-state index is 2.15. The molecular weight excluding hydrogens is 223 g/mol. The lowest BCUT2D eigenvalue weighted by molar-refractivity contribution is 1.48. The Balaban J connectivity index is 0.000000291. The van der Waals surface area contributed by atoms with Crippen molar-refractivity contribution in [3.63, 3.8) is 0 Å². The van der Waals surface area contributed by atoms with Crippen molar-refractivity contribution in [1.82, 2.24) is 0 Å². The van der Waals surface area contributed by atoms with Crippen LogP contribution in [0.5, 0.6) is 0 Å². The monoisotopic (exact) mass is 234 g/mol.